The van der Waals surface area contributed by atoms with Gasteiger partial charge in [0, 0.05) is 6.54 Å². The van der Waals surface area contributed by atoms with E-state index < -0.39 is 10.0 Å². The van der Waals surface area contributed by atoms with E-state index in [9.17, 15) is 13.5 Å². The lowest BCUT2D eigenvalue weighted by Crippen LogP contribution is -2.41. The Morgan fingerprint density at radius 2 is 2.00 bits per heavy atom. The molecule has 1 heterocycles. The maximum atomic E-state index is 12.5. The fraction of sp³-hybridized carbons (Fsp3) is 0.600. The Bertz CT molecular complexity index is 529. The molecule has 1 aliphatic rings. The Labute approximate surface area is 121 Å². The molecule has 5 heteroatoms. The zero-order valence-corrected chi connectivity index (χ0v) is 12.9. The molecular weight excluding hydrogens is 274 g/mol. The summed E-state index contributed by atoms with van der Waals surface area (Å²) in [6, 6.07) is 9.42. The molecule has 3 atom stereocenters. The monoisotopic (exact) mass is 297 g/mol. The van der Waals surface area contributed by atoms with Gasteiger partial charge >= 0.3 is 0 Å². The largest absolute Gasteiger partial charge is 0.395 e. The lowest BCUT2D eigenvalue weighted by atomic mass is 10.0. The molecule has 1 N–H and O–H groups in total. The van der Waals surface area contributed by atoms with Crippen molar-refractivity contribution in [1.82, 2.24) is 4.31 Å². The van der Waals surface area contributed by atoms with Gasteiger partial charge in [-0.05, 0) is 23.8 Å². The van der Waals surface area contributed by atoms with Crippen LogP contribution in [-0.4, -0.2) is 42.8 Å². The van der Waals surface area contributed by atoms with E-state index in [0.29, 0.717) is 6.54 Å². The maximum Gasteiger partial charge on any atom is 0.215 e. The SMILES string of the molecule is CC(CS(=O)(=O)N1CCC(C)C1CO)c1ccccc1. The molecule has 20 heavy (non-hydrogen) atoms. The number of rotatable bonds is 5. The zero-order valence-electron chi connectivity index (χ0n) is 12.1. The van der Waals surface area contributed by atoms with Gasteiger partial charge in [0.05, 0.1) is 18.4 Å². The second-order valence-corrected chi connectivity index (χ2v) is 7.68. The van der Waals surface area contributed by atoms with E-state index >= 15 is 0 Å². The summed E-state index contributed by atoms with van der Waals surface area (Å²) in [4.78, 5) is 0. The molecule has 3 unspecified atom stereocenters. The summed E-state index contributed by atoms with van der Waals surface area (Å²) in [6.07, 6.45) is 0.824. The first-order valence-electron chi connectivity index (χ1n) is 7.11. The van der Waals surface area contributed by atoms with Crippen molar-refractivity contribution in [2.24, 2.45) is 5.92 Å². The van der Waals surface area contributed by atoms with Crippen LogP contribution in [0.3, 0.4) is 0 Å². The first kappa shape index (κ1) is 15.5. The Balaban J connectivity index is 2.12. The fourth-order valence-electron chi connectivity index (χ4n) is 2.88. The molecule has 112 valence electrons. The third-order valence-electron chi connectivity index (χ3n) is 4.21. The average molecular weight is 297 g/mol. The van der Waals surface area contributed by atoms with E-state index in [2.05, 4.69) is 0 Å². The summed E-state index contributed by atoms with van der Waals surface area (Å²) in [5.41, 5.74) is 1.03. The average Bonchev–Trinajstić information content (AvgIpc) is 2.81. The maximum absolute atomic E-state index is 12.5. The molecule has 0 aromatic heterocycles. The van der Waals surface area contributed by atoms with Crippen LogP contribution in [0.25, 0.3) is 0 Å². The Hall–Kier alpha value is -0.910. The summed E-state index contributed by atoms with van der Waals surface area (Å²) in [6.45, 7) is 4.35. The van der Waals surface area contributed by atoms with E-state index in [0.717, 1.165) is 12.0 Å². The van der Waals surface area contributed by atoms with Crippen LogP contribution in [0.2, 0.25) is 0 Å². The first-order chi connectivity index (χ1) is 9.45. The van der Waals surface area contributed by atoms with E-state index in [1.165, 1.54) is 4.31 Å². The van der Waals surface area contributed by atoms with Crippen molar-refractivity contribution in [1.29, 1.82) is 0 Å². The van der Waals surface area contributed by atoms with Gasteiger partial charge in [0.1, 0.15) is 0 Å². The van der Waals surface area contributed by atoms with Gasteiger partial charge in [-0.25, -0.2) is 8.42 Å². The Kier molecular flexibility index (Phi) is 4.83. The molecule has 0 bridgehead atoms. The minimum Gasteiger partial charge on any atom is -0.395 e. The van der Waals surface area contributed by atoms with E-state index in [4.69, 9.17) is 0 Å². The number of hydrogen-bond donors (Lipinski definition) is 1. The van der Waals surface area contributed by atoms with E-state index in [1.807, 2.05) is 44.2 Å². The number of benzene rings is 1. The predicted molar refractivity (Wildman–Crippen MR) is 80.0 cm³/mol. The second kappa shape index (κ2) is 6.24. The molecule has 0 radical (unpaired) electrons. The highest BCUT2D eigenvalue weighted by atomic mass is 32.2. The third-order valence-corrected chi connectivity index (χ3v) is 6.29. The summed E-state index contributed by atoms with van der Waals surface area (Å²) in [5.74, 6) is 0.276. The second-order valence-electron chi connectivity index (χ2n) is 5.72. The molecule has 0 amide bonds. The number of aliphatic hydroxyl groups is 1. The Morgan fingerprint density at radius 1 is 1.35 bits per heavy atom. The van der Waals surface area contributed by atoms with Crippen molar-refractivity contribution < 1.29 is 13.5 Å². The van der Waals surface area contributed by atoms with Crippen molar-refractivity contribution in [3.05, 3.63) is 35.9 Å². The molecule has 0 saturated carbocycles. The summed E-state index contributed by atoms with van der Waals surface area (Å²) in [7, 11) is -3.33. The lowest BCUT2D eigenvalue weighted by molar-refractivity contribution is 0.191. The summed E-state index contributed by atoms with van der Waals surface area (Å²) in [5, 5.41) is 9.42. The molecule has 4 nitrogen and oxygen atoms in total. The fourth-order valence-corrected chi connectivity index (χ4v) is 4.97. The first-order valence-corrected chi connectivity index (χ1v) is 8.72. The van der Waals surface area contributed by atoms with Gasteiger partial charge in [0.2, 0.25) is 10.0 Å². The minimum absolute atomic E-state index is 0.0450. The van der Waals surface area contributed by atoms with Crippen molar-refractivity contribution in [3.8, 4) is 0 Å². The number of sulfonamides is 1. The Morgan fingerprint density at radius 3 is 2.60 bits per heavy atom. The molecule has 1 saturated heterocycles. The lowest BCUT2D eigenvalue weighted by Gasteiger charge is -2.26. The molecule has 1 fully saturated rings. The molecule has 0 spiro atoms. The van der Waals surface area contributed by atoms with Crippen LogP contribution in [0.1, 0.15) is 31.7 Å². The number of nitrogens with zero attached hydrogens (tertiary/aromatic N) is 1. The molecule has 2 rings (SSSR count). The van der Waals surface area contributed by atoms with Crippen LogP contribution >= 0.6 is 0 Å². The van der Waals surface area contributed by atoms with Gasteiger partial charge in [-0.15, -0.1) is 0 Å². The molecular formula is C15H23NO3S. The van der Waals surface area contributed by atoms with Crippen LogP contribution in [-0.2, 0) is 10.0 Å². The number of aliphatic hydroxyl groups excluding tert-OH is 1. The van der Waals surface area contributed by atoms with Crippen LogP contribution in [0.15, 0.2) is 30.3 Å². The van der Waals surface area contributed by atoms with Crippen molar-refractivity contribution in [2.75, 3.05) is 18.9 Å². The molecule has 0 aliphatic carbocycles. The van der Waals surface area contributed by atoms with Crippen molar-refractivity contribution in [2.45, 2.75) is 32.2 Å². The van der Waals surface area contributed by atoms with Crippen molar-refractivity contribution in [3.63, 3.8) is 0 Å². The topological polar surface area (TPSA) is 57.6 Å². The van der Waals surface area contributed by atoms with Crippen LogP contribution in [0.4, 0.5) is 0 Å². The van der Waals surface area contributed by atoms with E-state index in [1.54, 1.807) is 0 Å². The zero-order chi connectivity index (χ0) is 14.8. The highest BCUT2D eigenvalue weighted by molar-refractivity contribution is 7.89. The normalized spacial score (nSPS) is 25.8. The van der Waals surface area contributed by atoms with Gasteiger partial charge in [-0.3, -0.25) is 0 Å². The van der Waals surface area contributed by atoms with Crippen LogP contribution < -0.4 is 0 Å². The summed E-state index contributed by atoms with van der Waals surface area (Å²) >= 11 is 0. The van der Waals surface area contributed by atoms with Crippen LogP contribution in [0, 0.1) is 5.92 Å². The third kappa shape index (κ3) is 3.22. The van der Waals surface area contributed by atoms with Gasteiger partial charge in [-0.1, -0.05) is 44.2 Å². The smallest absolute Gasteiger partial charge is 0.215 e. The number of hydrogen-bond acceptors (Lipinski definition) is 3. The molecule has 1 aromatic carbocycles. The quantitative estimate of drug-likeness (QED) is 0.902. The molecule has 1 aromatic rings. The molecule has 1 aliphatic heterocycles. The van der Waals surface area contributed by atoms with Gasteiger partial charge in [0.25, 0.3) is 0 Å². The van der Waals surface area contributed by atoms with Gasteiger partial charge in [-0.2, -0.15) is 4.31 Å². The standard InChI is InChI=1S/C15H23NO3S/c1-12-8-9-16(15(12)10-17)20(18,19)11-13(2)14-6-4-3-5-7-14/h3-7,12-13,15,17H,8-11H2,1-2H3. The van der Waals surface area contributed by atoms with Gasteiger partial charge in [0.15, 0.2) is 0 Å². The minimum atomic E-state index is -3.33. The van der Waals surface area contributed by atoms with Crippen LogP contribution in [0.5, 0.6) is 0 Å². The summed E-state index contributed by atoms with van der Waals surface area (Å²) < 4.78 is 26.6. The predicted octanol–water partition coefficient (Wildman–Crippen LogP) is 1.82. The highest BCUT2D eigenvalue weighted by Gasteiger charge is 2.38. The highest BCUT2D eigenvalue weighted by Crippen LogP contribution is 2.28. The van der Waals surface area contributed by atoms with Gasteiger partial charge < -0.3 is 5.11 Å². The van der Waals surface area contributed by atoms with Crippen molar-refractivity contribution >= 4 is 10.0 Å². The van der Waals surface area contributed by atoms with E-state index in [-0.39, 0.29) is 30.2 Å².